The normalized spacial score (nSPS) is 14.2. The molecule has 0 aliphatic carbocycles. The van der Waals surface area contributed by atoms with Crippen LogP contribution < -0.4 is 5.32 Å². The standard InChI is InChI=1S/C22H35N3O13S2/c1-14(37-39(31)32)11-24(12-15(2)38-40(33)34)35-13-16-6-7-19(25(29)30)17(8-16)9-18(10-20(26)27)23-21(28)36-22(3,4)5/h6-8,14-15,18,39-40H,9-13H2,1-5H3,(H,23,28)(H,26,27)/t14?,15?,18-/m0/s1. The van der Waals surface area contributed by atoms with E-state index in [4.69, 9.17) is 17.9 Å². The van der Waals surface area contributed by atoms with E-state index >= 15 is 0 Å². The molecule has 0 saturated carbocycles. The van der Waals surface area contributed by atoms with Gasteiger partial charge in [-0.2, -0.15) is 5.06 Å². The lowest BCUT2D eigenvalue weighted by Crippen LogP contribution is -2.41. The summed E-state index contributed by atoms with van der Waals surface area (Å²) in [6, 6.07) is 2.96. The van der Waals surface area contributed by atoms with Gasteiger partial charge in [0.05, 0.1) is 43.2 Å². The Kier molecular flexibility index (Phi) is 14.4. The van der Waals surface area contributed by atoms with E-state index in [0.29, 0.717) is 5.56 Å². The number of carbonyl (C=O) groups excluding carboxylic acids is 1. The quantitative estimate of drug-likeness (QED) is 0.110. The number of hydroxylamine groups is 2. The first-order valence-corrected chi connectivity index (χ1v) is 14.1. The SMILES string of the molecule is CC(CN(CC(C)O[SH](=O)=O)OCc1ccc([N+](=O)[O-])c(C[C@@H](CC(=O)O)NC(=O)OC(C)(C)C)c1)O[SH](=O)=O. The number of rotatable bonds is 17. The van der Waals surface area contributed by atoms with Gasteiger partial charge < -0.3 is 15.2 Å². The van der Waals surface area contributed by atoms with Gasteiger partial charge in [0, 0.05) is 24.1 Å². The van der Waals surface area contributed by atoms with Crippen LogP contribution in [0.15, 0.2) is 18.2 Å². The van der Waals surface area contributed by atoms with Crippen LogP contribution in [0.5, 0.6) is 0 Å². The van der Waals surface area contributed by atoms with E-state index in [1.807, 2.05) is 0 Å². The number of ether oxygens (including phenoxy) is 1. The molecule has 3 atom stereocenters. The van der Waals surface area contributed by atoms with Crippen molar-refractivity contribution in [1.82, 2.24) is 10.4 Å². The molecule has 2 unspecified atom stereocenters. The highest BCUT2D eigenvalue weighted by Crippen LogP contribution is 2.23. The van der Waals surface area contributed by atoms with Gasteiger partial charge in [0.1, 0.15) is 5.60 Å². The number of aliphatic carboxylic acids is 1. The van der Waals surface area contributed by atoms with Crippen LogP contribution in [0.25, 0.3) is 0 Å². The fraction of sp³-hybridized carbons (Fsp3) is 0.636. The number of thiol groups is 2. The van der Waals surface area contributed by atoms with E-state index in [1.165, 1.54) is 37.1 Å². The van der Waals surface area contributed by atoms with Crippen molar-refractivity contribution >= 4 is 39.7 Å². The molecule has 0 aliphatic heterocycles. The number of nitrogens with zero attached hydrogens (tertiary/aromatic N) is 2. The summed E-state index contributed by atoms with van der Waals surface area (Å²) in [5.74, 6) is -1.24. The number of amides is 1. The Balaban J connectivity index is 3.16. The van der Waals surface area contributed by atoms with Gasteiger partial charge in [-0.05, 0) is 52.3 Å². The molecule has 0 spiro atoms. The average molecular weight is 614 g/mol. The highest BCUT2D eigenvalue weighted by molar-refractivity contribution is 7.67. The van der Waals surface area contributed by atoms with Gasteiger partial charge in [-0.15, -0.1) is 0 Å². The van der Waals surface area contributed by atoms with Crippen LogP contribution in [-0.4, -0.2) is 80.9 Å². The molecule has 0 aromatic heterocycles. The summed E-state index contributed by atoms with van der Waals surface area (Å²) in [4.78, 5) is 40.3. The number of alkyl carbamates (subject to hydrolysis) is 1. The van der Waals surface area contributed by atoms with Crippen molar-refractivity contribution in [3.63, 3.8) is 0 Å². The van der Waals surface area contributed by atoms with Crippen LogP contribution in [0.4, 0.5) is 10.5 Å². The molecule has 16 nitrogen and oxygen atoms in total. The Morgan fingerprint density at radius 3 is 2.08 bits per heavy atom. The second-order valence-electron chi connectivity index (χ2n) is 9.76. The number of benzene rings is 1. The van der Waals surface area contributed by atoms with Crippen molar-refractivity contribution in [1.29, 1.82) is 0 Å². The Labute approximate surface area is 234 Å². The summed E-state index contributed by atoms with van der Waals surface area (Å²) in [6.07, 6.45) is -3.37. The molecule has 1 aromatic rings. The molecule has 0 bridgehead atoms. The Hall–Kier alpha value is -2.90. The van der Waals surface area contributed by atoms with Gasteiger partial charge in [0.15, 0.2) is 0 Å². The summed E-state index contributed by atoms with van der Waals surface area (Å²) in [5.41, 5.74) is -0.654. The van der Waals surface area contributed by atoms with E-state index in [0.717, 1.165) is 0 Å². The molecule has 1 aromatic carbocycles. The smallest absolute Gasteiger partial charge is 0.407 e. The lowest BCUT2D eigenvalue weighted by atomic mass is 9.99. The number of nitro benzene ring substituents is 1. The lowest BCUT2D eigenvalue weighted by Gasteiger charge is -2.26. The van der Waals surface area contributed by atoms with Crippen LogP contribution in [-0.2, 0) is 57.7 Å². The minimum absolute atomic E-state index is 0.104. The minimum atomic E-state index is -3.16. The van der Waals surface area contributed by atoms with Gasteiger partial charge in [-0.25, -0.2) is 21.6 Å². The average Bonchev–Trinajstić information content (AvgIpc) is 2.74. The van der Waals surface area contributed by atoms with E-state index in [-0.39, 0.29) is 37.4 Å². The van der Waals surface area contributed by atoms with Gasteiger partial charge in [-0.1, -0.05) is 0 Å². The zero-order chi connectivity index (χ0) is 30.6. The second-order valence-corrected chi connectivity index (χ2v) is 11.1. The molecule has 0 fully saturated rings. The predicted octanol–water partition coefficient (Wildman–Crippen LogP) is 1.10. The third kappa shape index (κ3) is 15.0. The maximum atomic E-state index is 12.2. The summed E-state index contributed by atoms with van der Waals surface area (Å²) in [5, 5.41) is 24.6. The van der Waals surface area contributed by atoms with Crippen molar-refractivity contribution < 1.29 is 54.4 Å². The van der Waals surface area contributed by atoms with Gasteiger partial charge in [0.2, 0.25) is 0 Å². The molecular formula is C22H35N3O13S2. The van der Waals surface area contributed by atoms with Crippen LogP contribution in [0.2, 0.25) is 0 Å². The number of nitro groups is 1. The van der Waals surface area contributed by atoms with Crippen molar-refractivity contribution in [2.45, 2.75) is 77.9 Å². The van der Waals surface area contributed by atoms with E-state index < -0.39 is 69.2 Å². The van der Waals surface area contributed by atoms with E-state index in [1.54, 1.807) is 20.8 Å². The molecule has 18 heteroatoms. The van der Waals surface area contributed by atoms with Gasteiger partial charge in [-0.3, -0.25) is 28.1 Å². The second kappa shape index (κ2) is 16.4. The molecule has 0 radical (unpaired) electrons. The maximum absolute atomic E-state index is 12.2. The van der Waals surface area contributed by atoms with Crippen molar-refractivity contribution in [3.8, 4) is 0 Å². The number of hydrogen-bond donors (Lipinski definition) is 4. The first-order valence-electron chi connectivity index (χ1n) is 11.9. The molecular weight excluding hydrogens is 578 g/mol. The molecule has 228 valence electrons. The van der Waals surface area contributed by atoms with Gasteiger partial charge >= 0.3 is 12.1 Å². The number of carbonyl (C=O) groups is 2. The monoisotopic (exact) mass is 613 g/mol. The summed E-state index contributed by atoms with van der Waals surface area (Å²) < 4.78 is 58.1. The minimum Gasteiger partial charge on any atom is -0.481 e. The van der Waals surface area contributed by atoms with Crippen molar-refractivity contribution in [3.05, 3.63) is 39.4 Å². The van der Waals surface area contributed by atoms with E-state index in [2.05, 4.69) is 5.32 Å². The molecule has 0 saturated heterocycles. The predicted molar refractivity (Wildman–Crippen MR) is 140 cm³/mol. The third-order valence-electron chi connectivity index (χ3n) is 4.82. The Bertz CT molecular complexity index is 1130. The summed E-state index contributed by atoms with van der Waals surface area (Å²) in [6.45, 7) is 7.36. The summed E-state index contributed by atoms with van der Waals surface area (Å²) >= 11 is 0. The molecule has 1 rings (SSSR count). The maximum Gasteiger partial charge on any atom is 0.407 e. The van der Waals surface area contributed by atoms with Crippen LogP contribution in [0.1, 0.15) is 52.2 Å². The molecule has 0 aliphatic rings. The fourth-order valence-electron chi connectivity index (χ4n) is 3.47. The highest BCUT2D eigenvalue weighted by Gasteiger charge is 2.25. The van der Waals surface area contributed by atoms with Crippen molar-refractivity contribution in [2.24, 2.45) is 0 Å². The zero-order valence-corrected chi connectivity index (χ0v) is 24.4. The van der Waals surface area contributed by atoms with Crippen LogP contribution in [0, 0.1) is 10.1 Å². The largest absolute Gasteiger partial charge is 0.481 e. The van der Waals surface area contributed by atoms with Crippen LogP contribution >= 0.6 is 0 Å². The number of carboxylic acid groups (broad SMARTS) is 1. The van der Waals surface area contributed by atoms with Crippen LogP contribution in [0.3, 0.4) is 0 Å². The highest BCUT2D eigenvalue weighted by atomic mass is 32.2. The van der Waals surface area contributed by atoms with E-state index in [9.17, 15) is 41.6 Å². The fourth-order valence-corrected chi connectivity index (χ4v) is 4.20. The zero-order valence-electron chi connectivity index (χ0n) is 22.6. The molecule has 0 heterocycles. The summed E-state index contributed by atoms with van der Waals surface area (Å²) in [7, 11) is -6.31. The number of hydrogen-bond acceptors (Lipinski definition) is 13. The Morgan fingerprint density at radius 1 is 1.07 bits per heavy atom. The number of carboxylic acids is 1. The topological polar surface area (TPSA) is 218 Å². The molecule has 2 N–H and O–H groups in total. The third-order valence-corrected chi connectivity index (χ3v) is 5.88. The molecule has 40 heavy (non-hydrogen) atoms. The van der Waals surface area contributed by atoms with Gasteiger partial charge in [0.25, 0.3) is 27.7 Å². The Morgan fingerprint density at radius 2 is 1.62 bits per heavy atom. The van der Waals surface area contributed by atoms with Crippen molar-refractivity contribution in [2.75, 3.05) is 13.1 Å². The first-order chi connectivity index (χ1) is 18.4. The lowest BCUT2D eigenvalue weighted by molar-refractivity contribution is -0.385. The first kappa shape index (κ1) is 35.1. The number of nitrogens with one attached hydrogen (secondary N) is 1. The molecule has 1 amide bonds.